The third-order valence-corrected chi connectivity index (χ3v) is 4.09. The van der Waals surface area contributed by atoms with Gasteiger partial charge in [0.05, 0.1) is 0 Å². The van der Waals surface area contributed by atoms with Crippen LogP contribution in [0.4, 0.5) is 0 Å². The molecule has 0 aromatic rings. The van der Waals surface area contributed by atoms with Crippen LogP contribution in [0, 0.1) is 5.41 Å². The Kier molecular flexibility index (Phi) is 5.65. The average molecular weight is 271 g/mol. The number of hydrogen-bond acceptors (Lipinski definition) is 0. The fourth-order valence-electron chi connectivity index (χ4n) is 0.753. The number of halogens is 2. The minimum Gasteiger partial charge on any atom is -0.147 e. The minimum absolute atomic E-state index is 0. The van der Waals surface area contributed by atoms with Gasteiger partial charge in [0.2, 0.25) is 0 Å². The molecule has 1 rings (SSSR count). The second kappa shape index (κ2) is 4.28. The second-order valence-corrected chi connectivity index (χ2v) is 5.93. The van der Waals surface area contributed by atoms with Gasteiger partial charge in [-0.25, -0.2) is 0 Å². The van der Waals surface area contributed by atoms with Gasteiger partial charge < -0.3 is 0 Å². The van der Waals surface area contributed by atoms with Gasteiger partial charge in [-0.2, -0.15) is 0 Å². The van der Waals surface area contributed by atoms with Crippen molar-refractivity contribution in [3.8, 4) is 0 Å². The van der Waals surface area contributed by atoms with Crippen LogP contribution in [-0.2, 0) is 24.7 Å². The zero-order valence-electron chi connectivity index (χ0n) is 6.97. The predicted octanol–water partition coefficient (Wildman–Crippen LogP) is 3.31. The van der Waals surface area contributed by atoms with Crippen LogP contribution in [-0.4, -0.2) is 0 Å². The van der Waals surface area contributed by atoms with Crippen LogP contribution in [0.3, 0.4) is 0 Å². The summed E-state index contributed by atoms with van der Waals surface area (Å²) in [6.45, 7) is 6.80. The fraction of sp³-hybridized carbons (Fsp3) is 0.625. The molecule has 0 bridgehead atoms. The van der Waals surface area contributed by atoms with Gasteiger partial charge in [0, 0.05) is 0 Å². The van der Waals surface area contributed by atoms with E-state index in [2.05, 4.69) is 38.7 Å². The van der Waals surface area contributed by atoms with Crippen molar-refractivity contribution in [3.63, 3.8) is 0 Å². The maximum Gasteiger partial charge on any atom is -0.147 e. The molecule has 63 valence electrons. The van der Waals surface area contributed by atoms with E-state index in [9.17, 15) is 0 Å². The van der Waals surface area contributed by atoms with E-state index < -0.39 is 0 Å². The van der Waals surface area contributed by atoms with Crippen molar-refractivity contribution in [2.24, 2.45) is 5.41 Å². The van der Waals surface area contributed by atoms with Gasteiger partial charge in [-0.3, -0.25) is 0 Å². The van der Waals surface area contributed by atoms with Gasteiger partial charge in [-0.1, -0.05) is 0 Å². The Morgan fingerprint density at radius 3 is 1.64 bits per heavy atom. The van der Waals surface area contributed by atoms with Crippen LogP contribution < -0.4 is 0 Å². The molecular weight excluding hydrogens is 258 g/mol. The molecule has 1 aliphatic carbocycles. The van der Waals surface area contributed by atoms with E-state index in [1.807, 2.05) is 0 Å². The van der Waals surface area contributed by atoms with Gasteiger partial charge in [0.15, 0.2) is 0 Å². The van der Waals surface area contributed by atoms with Crippen molar-refractivity contribution in [1.29, 1.82) is 0 Å². The Balaban J connectivity index is 0. The minimum atomic E-state index is 0. The van der Waals surface area contributed by atoms with E-state index in [0.29, 0.717) is 8.54 Å². The molecule has 1 unspecified atom stereocenters. The van der Waals surface area contributed by atoms with Crippen molar-refractivity contribution in [1.82, 2.24) is 0 Å². The average Bonchev–Trinajstić information content (AvgIpc) is 1.81. The number of allylic oxidation sites excluding steroid dienone is 1. The van der Waals surface area contributed by atoms with Gasteiger partial charge in [-0.05, 0) is 0 Å². The van der Waals surface area contributed by atoms with E-state index in [4.69, 9.17) is 0 Å². The molecule has 0 N–H and O–H groups in total. The molecule has 0 aromatic carbocycles. The first-order chi connectivity index (χ1) is 3.96. The Morgan fingerprint density at radius 1 is 1.09 bits per heavy atom. The van der Waals surface area contributed by atoms with Crippen LogP contribution in [0.2, 0.25) is 3.12 Å². The third-order valence-electron chi connectivity index (χ3n) is 2.15. The van der Waals surface area contributed by atoms with Crippen LogP contribution in [0.5, 0.6) is 0 Å². The summed E-state index contributed by atoms with van der Waals surface area (Å²) in [5.41, 5.74) is 3.51. The first-order valence-corrected chi connectivity index (χ1v) is 4.38. The summed E-state index contributed by atoms with van der Waals surface area (Å²) in [4.78, 5) is 0. The monoisotopic (exact) mass is 269 g/mol. The zero-order chi connectivity index (χ0) is 7.12. The quantitative estimate of drug-likeness (QED) is 0.593. The summed E-state index contributed by atoms with van der Waals surface area (Å²) in [7, 11) is 0. The normalized spacial score (nSPS) is 30.7. The molecule has 0 aromatic heterocycles. The first kappa shape index (κ1) is 14.5. The van der Waals surface area contributed by atoms with E-state index in [0.717, 1.165) is 0 Å². The third kappa shape index (κ3) is 2.74. The Hall–Kier alpha value is 0.983. The molecule has 0 aliphatic heterocycles. The Labute approximate surface area is 96.2 Å². The van der Waals surface area contributed by atoms with Crippen LogP contribution in [0.25, 0.3) is 0 Å². The topological polar surface area (TPSA) is 0 Å². The van der Waals surface area contributed by atoms with Gasteiger partial charge in [0.25, 0.3) is 0 Å². The fourth-order valence-corrected chi connectivity index (χ4v) is 1.13. The van der Waals surface area contributed by atoms with E-state index >= 15 is 0 Å². The maximum atomic E-state index is 3.18. The molecule has 11 heavy (non-hydrogen) atoms. The van der Waals surface area contributed by atoms with Crippen molar-refractivity contribution < 1.29 is 24.7 Å². The maximum absolute atomic E-state index is 3.18. The summed E-state index contributed by atoms with van der Waals surface area (Å²) < 4.78 is 0.389. The van der Waals surface area contributed by atoms with Crippen LogP contribution in [0.1, 0.15) is 20.8 Å². The standard InChI is InChI=1S/C8H11.2ClH.Zr/c1-7-5-4-6-8(7,2)3;;;/h5-6H,1-3H3;2*1H;. The van der Waals surface area contributed by atoms with Gasteiger partial charge in [0.1, 0.15) is 0 Å². The first-order valence-electron chi connectivity index (χ1n) is 3.15. The van der Waals surface area contributed by atoms with E-state index in [-0.39, 0.29) is 24.8 Å². The number of hydrogen-bond donors (Lipinski definition) is 0. The summed E-state index contributed by atoms with van der Waals surface area (Å²) in [5, 5.41) is 0. The molecule has 0 spiro atoms. The smallest absolute Gasteiger partial charge is 0.147 e. The largest absolute Gasteiger partial charge is 0.147 e. The molecule has 0 saturated heterocycles. The van der Waals surface area contributed by atoms with Crippen molar-refractivity contribution in [3.05, 3.63) is 17.9 Å². The van der Waals surface area contributed by atoms with Crippen molar-refractivity contribution in [2.75, 3.05) is 0 Å². The molecule has 1 aliphatic rings. The van der Waals surface area contributed by atoms with E-state index in [1.54, 1.807) is 24.7 Å². The van der Waals surface area contributed by atoms with Crippen LogP contribution in [0.15, 0.2) is 17.9 Å². The zero-order valence-corrected chi connectivity index (χ0v) is 11.1. The van der Waals surface area contributed by atoms with Crippen LogP contribution >= 0.6 is 24.8 Å². The summed E-state index contributed by atoms with van der Waals surface area (Å²) in [6, 6.07) is 0. The summed E-state index contributed by atoms with van der Waals surface area (Å²) in [5.74, 6) is 0. The Morgan fingerprint density at radius 2 is 1.55 bits per heavy atom. The molecule has 0 nitrogen and oxygen atoms in total. The molecule has 0 heterocycles. The SMILES string of the molecule is CC1(C)C=C=C[C]1(C)[Zr].Cl.Cl. The molecule has 0 amide bonds. The summed E-state index contributed by atoms with van der Waals surface area (Å²) >= 11 is 1.58. The summed E-state index contributed by atoms with van der Waals surface area (Å²) in [6.07, 6.45) is 4.35. The molecule has 0 radical (unpaired) electrons. The van der Waals surface area contributed by atoms with Crippen molar-refractivity contribution in [2.45, 2.75) is 23.9 Å². The predicted molar refractivity (Wildman–Crippen MR) is 49.3 cm³/mol. The van der Waals surface area contributed by atoms with E-state index in [1.165, 1.54) is 0 Å². The molecule has 1 atom stereocenters. The molecule has 3 heteroatoms. The molecule has 0 fully saturated rings. The molecular formula is C8H13Cl2Zr. The van der Waals surface area contributed by atoms with Gasteiger partial charge >= 0.3 is 71.9 Å². The second-order valence-electron chi connectivity index (χ2n) is 3.38. The molecule has 0 saturated carbocycles. The number of rotatable bonds is 0. The van der Waals surface area contributed by atoms with Gasteiger partial charge in [-0.15, -0.1) is 24.8 Å². The van der Waals surface area contributed by atoms with Crippen molar-refractivity contribution >= 4 is 24.8 Å². The Bertz CT molecular complexity index is 170.